The molecule has 1 aromatic carbocycles. The Morgan fingerprint density at radius 1 is 1.22 bits per heavy atom. The SMILES string of the molecule is Cc1ccc2c(c1)[C@@H](O)CC1(CCN(c3ncccn3)CC1)O2. The number of nitrogens with zero attached hydrogens (tertiary/aromatic N) is 3. The van der Waals surface area contributed by atoms with Gasteiger partial charge in [-0.15, -0.1) is 0 Å². The second kappa shape index (κ2) is 5.49. The molecule has 1 aromatic heterocycles. The van der Waals surface area contributed by atoms with Crippen LogP contribution in [0.15, 0.2) is 36.7 Å². The molecule has 0 amide bonds. The van der Waals surface area contributed by atoms with E-state index in [-0.39, 0.29) is 5.60 Å². The van der Waals surface area contributed by atoms with Gasteiger partial charge in [0, 0.05) is 50.3 Å². The highest BCUT2D eigenvalue weighted by Gasteiger charge is 2.43. The lowest BCUT2D eigenvalue weighted by molar-refractivity contribution is -0.0301. The van der Waals surface area contributed by atoms with E-state index in [2.05, 4.69) is 14.9 Å². The van der Waals surface area contributed by atoms with Crippen LogP contribution in [0.2, 0.25) is 0 Å². The fraction of sp³-hybridized carbons (Fsp3) is 0.444. The number of piperidine rings is 1. The van der Waals surface area contributed by atoms with Gasteiger partial charge in [0.1, 0.15) is 11.4 Å². The number of hydrogen-bond donors (Lipinski definition) is 1. The van der Waals surface area contributed by atoms with Crippen molar-refractivity contribution < 1.29 is 9.84 Å². The lowest BCUT2D eigenvalue weighted by atomic mass is 9.81. The third-order valence-electron chi connectivity index (χ3n) is 4.93. The Morgan fingerprint density at radius 3 is 2.70 bits per heavy atom. The van der Waals surface area contributed by atoms with Crippen molar-refractivity contribution in [1.29, 1.82) is 0 Å². The van der Waals surface area contributed by atoms with Crippen molar-refractivity contribution in [3.8, 4) is 5.75 Å². The first kappa shape index (κ1) is 14.5. The second-order valence-electron chi connectivity index (χ2n) is 6.58. The van der Waals surface area contributed by atoms with Crippen molar-refractivity contribution >= 4 is 5.95 Å². The zero-order valence-corrected chi connectivity index (χ0v) is 13.3. The van der Waals surface area contributed by atoms with Gasteiger partial charge < -0.3 is 14.7 Å². The average Bonchev–Trinajstić information content (AvgIpc) is 2.57. The zero-order valence-electron chi connectivity index (χ0n) is 13.3. The summed E-state index contributed by atoms with van der Waals surface area (Å²) in [4.78, 5) is 10.8. The molecular weight excluding hydrogens is 290 g/mol. The van der Waals surface area contributed by atoms with Crippen LogP contribution in [-0.2, 0) is 0 Å². The van der Waals surface area contributed by atoms with Crippen LogP contribution in [0.5, 0.6) is 5.75 Å². The number of anilines is 1. The minimum absolute atomic E-state index is 0.271. The van der Waals surface area contributed by atoms with E-state index >= 15 is 0 Å². The van der Waals surface area contributed by atoms with Crippen LogP contribution in [0.4, 0.5) is 5.95 Å². The molecule has 0 aliphatic carbocycles. The number of aliphatic hydroxyl groups is 1. The molecule has 23 heavy (non-hydrogen) atoms. The maximum absolute atomic E-state index is 10.6. The summed E-state index contributed by atoms with van der Waals surface area (Å²) in [6, 6.07) is 7.88. The highest BCUT2D eigenvalue weighted by molar-refractivity contribution is 5.41. The topological polar surface area (TPSA) is 58.5 Å². The van der Waals surface area contributed by atoms with E-state index < -0.39 is 6.10 Å². The maximum Gasteiger partial charge on any atom is 0.225 e. The highest BCUT2D eigenvalue weighted by atomic mass is 16.5. The standard InChI is InChI=1S/C18H21N3O2/c1-13-3-4-16-14(11-13)15(22)12-18(23-16)5-9-21(10-6-18)17-19-7-2-8-20-17/h2-4,7-8,11,15,22H,5-6,9-10,12H2,1H3/t15-/m0/s1. The summed E-state index contributed by atoms with van der Waals surface area (Å²) < 4.78 is 6.34. The number of aromatic nitrogens is 2. The molecule has 4 rings (SSSR count). The summed E-state index contributed by atoms with van der Waals surface area (Å²) in [5, 5.41) is 10.6. The normalized spacial score (nSPS) is 22.5. The first-order valence-electron chi connectivity index (χ1n) is 8.15. The van der Waals surface area contributed by atoms with Gasteiger partial charge in [-0.2, -0.15) is 0 Å². The van der Waals surface area contributed by atoms with Crippen molar-refractivity contribution in [2.75, 3.05) is 18.0 Å². The van der Waals surface area contributed by atoms with Crippen molar-refractivity contribution in [1.82, 2.24) is 9.97 Å². The molecule has 1 spiro atoms. The Morgan fingerprint density at radius 2 is 1.96 bits per heavy atom. The predicted molar refractivity (Wildman–Crippen MR) is 87.6 cm³/mol. The Kier molecular flexibility index (Phi) is 3.45. The third kappa shape index (κ3) is 2.65. The molecule has 1 fully saturated rings. The molecule has 1 atom stereocenters. The average molecular weight is 311 g/mol. The first-order valence-corrected chi connectivity index (χ1v) is 8.15. The monoisotopic (exact) mass is 311 g/mol. The number of aliphatic hydroxyl groups excluding tert-OH is 1. The Hall–Kier alpha value is -2.14. The summed E-state index contributed by atoms with van der Waals surface area (Å²) in [6.45, 7) is 3.73. The molecule has 0 bridgehead atoms. The number of hydrogen-bond acceptors (Lipinski definition) is 5. The summed E-state index contributed by atoms with van der Waals surface area (Å²) in [5.74, 6) is 1.61. The van der Waals surface area contributed by atoms with Gasteiger partial charge in [0.25, 0.3) is 0 Å². The van der Waals surface area contributed by atoms with Crippen LogP contribution in [-0.4, -0.2) is 33.8 Å². The Bertz CT molecular complexity index is 697. The van der Waals surface area contributed by atoms with Gasteiger partial charge in [-0.05, 0) is 25.1 Å². The fourth-order valence-corrected chi connectivity index (χ4v) is 3.63. The van der Waals surface area contributed by atoms with Crippen LogP contribution in [0, 0.1) is 6.92 Å². The molecule has 1 N–H and O–H groups in total. The predicted octanol–water partition coefficient (Wildman–Crippen LogP) is 2.64. The van der Waals surface area contributed by atoms with Crippen molar-refractivity contribution in [3.63, 3.8) is 0 Å². The molecule has 0 unspecified atom stereocenters. The van der Waals surface area contributed by atoms with Crippen molar-refractivity contribution in [3.05, 3.63) is 47.8 Å². The quantitative estimate of drug-likeness (QED) is 0.877. The molecule has 1 saturated heterocycles. The Balaban J connectivity index is 1.52. The highest BCUT2D eigenvalue weighted by Crippen LogP contribution is 2.44. The van der Waals surface area contributed by atoms with E-state index in [1.807, 2.05) is 31.2 Å². The largest absolute Gasteiger partial charge is 0.487 e. The van der Waals surface area contributed by atoms with E-state index in [0.29, 0.717) is 6.42 Å². The van der Waals surface area contributed by atoms with E-state index in [4.69, 9.17) is 4.74 Å². The van der Waals surface area contributed by atoms with Gasteiger partial charge >= 0.3 is 0 Å². The number of ether oxygens (including phenoxy) is 1. The zero-order chi connectivity index (χ0) is 15.9. The number of rotatable bonds is 1. The van der Waals surface area contributed by atoms with Gasteiger partial charge in [0.2, 0.25) is 5.95 Å². The molecule has 120 valence electrons. The number of fused-ring (bicyclic) bond motifs is 1. The van der Waals surface area contributed by atoms with Crippen LogP contribution in [0.3, 0.4) is 0 Å². The van der Waals surface area contributed by atoms with E-state index in [9.17, 15) is 5.11 Å². The smallest absolute Gasteiger partial charge is 0.225 e. The molecule has 5 nitrogen and oxygen atoms in total. The van der Waals surface area contributed by atoms with Crippen molar-refractivity contribution in [2.45, 2.75) is 37.9 Å². The van der Waals surface area contributed by atoms with Gasteiger partial charge in [0.05, 0.1) is 6.10 Å². The fourth-order valence-electron chi connectivity index (χ4n) is 3.63. The summed E-state index contributed by atoms with van der Waals surface area (Å²) in [7, 11) is 0. The number of benzene rings is 1. The van der Waals surface area contributed by atoms with E-state index in [1.165, 1.54) is 0 Å². The van der Waals surface area contributed by atoms with Crippen LogP contribution in [0.25, 0.3) is 0 Å². The molecule has 2 aromatic rings. The lowest BCUT2D eigenvalue weighted by Gasteiger charge is -2.46. The molecule has 0 radical (unpaired) electrons. The Labute approximate surface area is 136 Å². The summed E-state index contributed by atoms with van der Waals surface area (Å²) >= 11 is 0. The molecular formula is C18H21N3O2. The van der Waals surface area contributed by atoms with Crippen LogP contribution >= 0.6 is 0 Å². The minimum atomic E-state index is -0.446. The number of aryl methyl sites for hydroxylation is 1. The minimum Gasteiger partial charge on any atom is -0.487 e. The molecule has 2 aliphatic heterocycles. The van der Waals surface area contributed by atoms with Gasteiger partial charge in [0.15, 0.2) is 0 Å². The van der Waals surface area contributed by atoms with Crippen LogP contribution in [0.1, 0.15) is 36.5 Å². The van der Waals surface area contributed by atoms with E-state index in [0.717, 1.165) is 48.8 Å². The van der Waals surface area contributed by atoms with E-state index in [1.54, 1.807) is 12.4 Å². The molecule has 3 heterocycles. The third-order valence-corrected chi connectivity index (χ3v) is 4.93. The summed E-state index contributed by atoms with van der Waals surface area (Å²) in [5.41, 5.74) is 1.80. The lowest BCUT2D eigenvalue weighted by Crippen LogP contribution is -2.50. The van der Waals surface area contributed by atoms with Gasteiger partial charge in [-0.1, -0.05) is 11.6 Å². The first-order chi connectivity index (χ1) is 11.2. The second-order valence-corrected chi connectivity index (χ2v) is 6.58. The van der Waals surface area contributed by atoms with Crippen LogP contribution < -0.4 is 9.64 Å². The van der Waals surface area contributed by atoms with Gasteiger partial charge in [-0.25, -0.2) is 9.97 Å². The van der Waals surface area contributed by atoms with Crippen molar-refractivity contribution in [2.24, 2.45) is 0 Å². The summed E-state index contributed by atoms with van der Waals surface area (Å²) in [6.07, 6.45) is 5.49. The molecule has 5 heteroatoms. The molecule has 2 aliphatic rings. The maximum atomic E-state index is 10.6. The molecule has 0 saturated carbocycles. The van der Waals surface area contributed by atoms with Gasteiger partial charge in [-0.3, -0.25) is 0 Å².